The van der Waals surface area contributed by atoms with Gasteiger partial charge in [0.2, 0.25) is 0 Å². The number of rotatable bonds is 6. The summed E-state index contributed by atoms with van der Waals surface area (Å²) in [5.74, 6) is 0.942. The molecule has 1 aromatic rings. The van der Waals surface area contributed by atoms with Crippen LogP contribution in [0.5, 0.6) is 0 Å². The first-order chi connectivity index (χ1) is 8.45. The molecule has 0 saturated carbocycles. The quantitative estimate of drug-likeness (QED) is 0.802. The Morgan fingerprint density at radius 1 is 1.39 bits per heavy atom. The van der Waals surface area contributed by atoms with Crippen molar-refractivity contribution in [1.82, 2.24) is 9.55 Å². The van der Waals surface area contributed by atoms with Gasteiger partial charge in [-0.05, 0) is 11.8 Å². The van der Waals surface area contributed by atoms with Crippen LogP contribution in [-0.2, 0) is 6.54 Å². The molecular formula is C13H23N3O2. The molecule has 2 N–H and O–H groups in total. The molecule has 0 fully saturated rings. The van der Waals surface area contributed by atoms with Crippen molar-refractivity contribution in [1.29, 1.82) is 0 Å². The molecule has 0 aromatic carbocycles. The maximum atomic E-state index is 12.1. The Kier molecular flexibility index (Phi) is 5.34. The van der Waals surface area contributed by atoms with E-state index in [1.54, 1.807) is 17.0 Å². The predicted octanol–water partition coefficient (Wildman–Crippen LogP) is 1.33. The van der Waals surface area contributed by atoms with Gasteiger partial charge in [0.05, 0.1) is 12.6 Å². The monoisotopic (exact) mass is 253 g/mol. The highest BCUT2D eigenvalue weighted by Crippen LogP contribution is 2.06. The standard InChI is InChI=1S/C13H23N3O2/c1-9(2)7-16-6-5-14-12(13(16)18)15-11(8-17)10(3)4/h5-6,9-11,17H,7-8H2,1-4H3,(H,14,15). The highest BCUT2D eigenvalue weighted by molar-refractivity contribution is 5.32. The van der Waals surface area contributed by atoms with Gasteiger partial charge in [-0.25, -0.2) is 4.98 Å². The Labute approximate surface area is 108 Å². The van der Waals surface area contributed by atoms with Crippen LogP contribution in [0.25, 0.3) is 0 Å². The van der Waals surface area contributed by atoms with E-state index in [4.69, 9.17) is 0 Å². The summed E-state index contributed by atoms with van der Waals surface area (Å²) in [7, 11) is 0. The van der Waals surface area contributed by atoms with E-state index in [0.717, 1.165) is 0 Å². The molecule has 0 saturated heterocycles. The molecule has 0 radical (unpaired) electrons. The highest BCUT2D eigenvalue weighted by atomic mass is 16.3. The third-order valence-electron chi connectivity index (χ3n) is 2.80. The van der Waals surface area contributed by atoms with E-state index in [1.807, 2.05) is 13.8 Å². The summed E-state index contributed by atoms with van der Waals surface area (Å²) in [5, 5.41) is 12.3. The van der Waals surface area contributed by atoms with Crippen molar-refractivity contribution in [3.05, 3.63) is 22.7 Å². The van der Waals surface area contributed by atoms with Crippen molar-refractivity contribution < 1.29 is 5.11 Å². The second-order valence-corrected chi connectivity index (χ2v) is 5.30. The largest absolute Gasteiger partial charge is 0.394 e. The fourth-order valence-corrected chi connectivity index (χ4v) is 1.68. The van der Waals surface area contributed by atoms with Gasteiger partial charge in [-0.1, -0.05) is 27.7 Å². The Balaban J connectivity index is 2.93. The molecule has 0 aliphatic carbocycles. The highest BCUT2D eigenvalue weighted by Gasteiger charge is 2.15. The van der Waals surface area contributed by atoms with Crippen LogP contribution in [0.2, 0.25) is 0 Å². The van der Waals surface area contributed by atoms with Gasteiger partial charge in [0.15, 0.2) is 5.82 Å². The van der Waals surface area contributed by atoms with E-state index in [9.17, 15) is 9.90 Å². The predicted molar refractivity (Wildman–Crippen MR) is 72.7 cm³/mol. The second-order valence-electron chi connectivity index (χ2n) is 5.30. The molecule has 5 heteroatoms. The van der Waals surface area contributed by atoms with Gasteiger partial charge in [-0.2, -0.15) is 0 Å². The Morgan fingerprint density at radius 2 is 2.06 bits per heavy atom. The number of aromatic nitrogens is 2. The lowest BCUT2D eigenvalue weighted by molar-refractivity contribution is 0.249. The van der Waals surface area contributed by atoms with Gasteiger partial charge in [-0.3, -0.25) is 4.79 Å². The first-order valence-electron chi connectivity index (χ1n) is 6.38. The minimum Gasteiger partial charge on any atom is -0.394 e. The van der Waals surface area contributed by atoms with E-state index < -0.39 is 0 Å². The zero-order valence-electron chi connectivity index (χ0n) is 11.6. The Hall–Kier alpha value is -1.36. The molecular weight excluding hydrogens is 230 g/mol. The molecule has 5 nitrogen and oxygen atoms in total. The van der Waals surface area contributed by atoms with E-state index in [0.29, 0.717) is 18.3 Å². The van der Waals surface area contributed by atoms with Crippen molar-refractivity contribution >= 4 is 5.82 Å². The molecule has 1 rings (SSSR count). The zero-order chi connectivity index (χ0) is 13.7. The smallest absolute Gasteiger partial charge is 0.293 e. The molecule has 0 bridgehead atoms. The Bertz CT molecular complexity index is 426. The molecule has 1 unspecified atom stereocenters. The average Bonchev–Trinajstić information content (AvgIpc) is 2.29. The number of anilines is 1. The zero-order valence-corrected chi connectivity index (χ0v) is 11.6. The fourth-order valence-electron chi connectivity index (χ4n) is 1.68. The minimum atomic E-state index is -0.153. The van der Waals surface area contributed by atoms with Crippen LogP contribution < -0.4 is 10.9 Å². The average molecular weight is 253 g/mol. The van der Waals surface area contributed by atoms with Crippen molar-refractivity contribution in [2.45, 2.75) is 40.3 Å². The van der Waals surface area contributed by atoms with E-state index in [2.05, 4.69) is 24.1 Å². The number of aliphatic hydroxyl groups is 1. The Morgan fingerprint density at radius 3 is 2.56 bits per heavy atom. The van der Waals surface area contributed by atoms with Crippen molar-refractivity contribution in [3.8, 4) is 0 Å². The second kappa shape index (κ2) is 6.54. The molecule has 102 valence electrons. The van der Waals surface area contributed by atoms with Crippen LogP contribution in [0.4, 0.5) is 5.82 Å². The maximum Gasteiger partial charge on any atom is 0.293 e. The SMILES string of the molecule is CC(C)Cn1ccnc(NC(CO)C(C)C)c1=O. The normalized spacial score (nSPS) is 13.1. The molecule has 0 aliphatic heterocycles. The van der Waals surface area contributed by atoms with Crippen molar-refractivity contribution in [2.75, 3.05) is 11.9 Å². The summed E-state index contributed by atoms with van der Waals surface area (Å²) >= 11 is 0. The minimum absolute atomic E-state index is 0.0160. The number of hydrogen-bond donors (Lipinski definition) is 2. The summed E-state index contributed by atoms with van der Waals surface area (Å²) < 4.78 is 1.65. The summed E-state index contributed by atoms with van der Waals surface area (Å²) in [6, 6.07) is -0.153. The van der Waals surface area contributed by atoms with E-state index in [-0.39, 0.29) is 24.1 Å². The van der Waals surface area contributed by atoms with Crippen LogP contribution in [0.3, 0.4) is 0 Å². The number of aliphatic hydroxyl groups excluding tert-OH is 1. The molecule has 0 spiro atoms. The number of hydrogen-bond acceptors (Lipinski definition) is 4. The molecule has 1 aromatic heterocycles. The van der Waals surface area contributed by atoms with Crippen LogP contribution in [0.1, 0.15) is 27.7 Å². The van der Waals surface area contributed by atoms with Gasteiger partial charge in [0.25, 0.3) is 5.56 Å². The number of nitrogens with one attached hydrogen (secondary N) is 1. The third kappa shape index (κ3) is 3.84. The van der Waals surface area contributed by atoms with Crippen LogP contribution in [0.15, 0.2) is 17.2 Å². The van der Waals surface area contributed by atoms with E-state index in [1.165, 1.54) is 0 Å². The summed E-state index contributed by atoms with van der Waals surface area (Å²) in [6.45, 7) is 8.75. The van der Waals surface area contributed by atoms with E-state index >= 15 is 0 Å². The van der Waals surface area contributed by atoms with Crippen LogP contribution >= 0.6 is 0 Å². The lowest BCUT2D eigenvalue weighted by atomic mass is 10.1. The van der Waals surface area contributed by atoms with Crippen molar-refractivity contribution in [2.24, 2.45) is 11.8 Å². The molecule has 0 aliphatic rings. The molecule has 1 atom stereocenters. The lowest BCUT2D eigenvalue weighted by Gasteiger charge is -2.20. The maximum absolute atomic E-state index is 12.1. The summed E-state index contributed by atoms with van der Waals surface area (Å²) in [4.78, 5) is 16.2. The lowest BCUT2D eigenvalue weighted by Crippen LogP contribution is -2.34. The fraction of sp³-hybridized carbons (Fsp3) is 0.692. The first-order valence-corrected chi connectivity index (χ1v) is 6.38. The topological polar surface area (TPSA) is 67.2 Å². The van der Waals surface area contributed by atoms with Crippen LogP contribution in [-0.4, -0.2) is 27.3 Å². The van der Waals surface area contributed by atoms with Gasteiger partial charge in [0.1, 0.15) is 0 Å². The molecule has 1 heterocycles. The van der Waals surface area contributed by atoms with Crippen molar-refractivity contribution in [3.63, 3.8) is 0 Å². The number of nitrogens with zero attached hydrogens (tertiary/aromatic N) is 2. The molecule has 0 amide bonds. The van der Waals surface area contributed by atoms with Gasteiger partial charge < -0.3 is 15.0 Å². The van der Waals surface area contributed by atoms with Gasteiger partial charge >= 0.3 is 0 Å². The summed E-state index contributed by atoms with van der Waals surface area (Å²) in [5.41, 5.74) is -0.134. The summed E-state index contributed by atoms with van der Waals surface area (Å²) in [6.07, 6.45) is 3.30. The van der Waals surface area contributed by atoms with Gasteiger partial charge in [0, 0.05) is 18.9 Å². The molecule has 18 heavy (non-hydrogen) atoms. The van der Waals surface area contributed by atoms with Crippen LogP contribution in [0, 0.1) is 11.8 Å². The first kappa shape index (κ1) is 14.7. The van der Waals surface area contributed by atoms with Gasteiger partial charge in [-0.15, -0.1) is 0 Å². The third-order valence-corrected chi connectivity index (χ3v) is 2.80.